The van der Waals surface area contributed by atoms with Crippen LogP contribution in [0.15, 0.2) is 82.8 Å². The molecule has 0 spiro atoms. The average molecular weight is 487 g/mol. The summed E-state index contributed by atoms with van der Waals surface area (Å²) in [4.78, 5) is 13.8. The summed E-state index contributed by atoms with van der Waals surface area (Å²) >= 11 is 0. The Kier molecular flexibility index (Phi) is 9.08. The van der Waals surface area contributed by atoms with Gasteiger partial charge in [0, 0.05) is 68.4 Å². The minimum atomic E-state index is 0.00972. The lowest BCUT2D eigenvalue weighted by molar-refractivity contribution is 0.133. The molecule has 0 amide bonds. The highest BCUT2D eigenvalue weighted by atomic mass is 16.3. The highest BCUT2D eigenvalue weighted by Gasteiger charge is 2.33. The summed E-state index contributed by atoms with van der Waals surface area (Å²) in [6.07, 6.45) is 5.22. The summed E-state index contributed by atoms with van der Waals surface area (Å²) in [6, 6.07) is 21.9. The van der Waals surface area contributed by atoms with E-state index in [0.717, 1.165) is 55.7 Å². The highest BCUT2D eigenvalue weighted by molar-refractivity contribution is 5.83. The standard InChI is InChI=1S/C29H34N4O3/c34-26-12-4-1-9-23(26)21-30-15-7-17-32-19-20-33(29(32)25-11-3-6-14-28(25)36)18-8-16-31-22-24-10-2-5-13-27(24)35/h1-6,9-14,21-22,29,34-36H,7-8,15-20H2. The van der Waals surface area contributed by atoms with Gasteiger partial charge in [-0.1, -0.05) is 42.5 Å². The average Bonchev–Trinajstić information content (AvgIpc) is 3.28. The Morgan fingerprint density at radius 1 is 0.639 bits per heavy atom. The summed E-state index contributed by atoms with van der Waals surface area (Å²) in [7, 11) is 0. The van der Waals surface area contributed by atoms with Crippen molar-refractivity contribution in [2.24, 2.45) is 9.98 Å². The molecule has 0 aromatic heterocycles. The van der Waals surface area contributed by atoms with Crippen LogP contribution in [0, 0.1) is 0 Å². The third kappa shape index (κ3) is 6.71. The maximum Gasteiger partial charge on any atom is 0.124 e. The first-order valence-corrected chi connectivity index (χ1v) is 12.4. The smallest absolute Gasteiger partial charge is 0.124 e. The molecule has 0 atom stereocenters. The number of aliphatic imine (C=N–C) groups is 2. The van der Waals surface area contributed by atoms with Crippen LogP contribution in [0.25, 0.3) is 0 Å². The van der Waals surface area contributed by atoms with Crippen LogP contribution in [-0.4, -0.2) is 76.8 Å². The minimum Gasteiger partial charge on any atom is -0.508 e. The minimum absolute atomic E-state index is 0.00972. The van der Waals surface area contributed by atoms with Crippen molar-refractivity contribution in [2.45, 2.75) is 19.0 Å². The molecule has 1 aliphatic rings. The predicted octanol–water partition coefficient (Wildman–Crippen LogP) is 4.44. The molecule has 36 heavy (non-hydrogen) atoms. The van der Waals surface area contributed by atoms with Crippen LogP contribution in [0.3, 0.4) is 0 Å². The summed E-state index contributed by atoms with van der Waals surface area (Å²) < 4.78 is 0. The van der Waals surface area contributed by atoms with Gasteiger partial charge in [-0.15, -0.1) is 0 Å². The van der Waals surface area contributed by atoms with Crippen LogP contribution < -0.4 is 0 Å². The molecule has 3 aromatic rings. The van der Waals surface area contributed by atoms with Crippen LogP contribution in [0.4, 0.5) is 0 Å². The Morgan fingerprint density at radius 3 is 1.56 bits per heavy atom. The highest BCUT2D eigenvalue weighted by Crippen LogP contribution is 2.35. The van der Waals surface area contributed by atoms with E-state index in [1.165, 1.54) is 0 Å². The third-order valence-electron chi connectivity index (χ3n) is 6.38. The molecule has 0 aliphatic carbocycles. The number of hydrogen-bond acceptors (Lipinski definition) is 7. The van der Waals surface area contributed by atoms with Gasteiger partial charge in [0.2, 0.25) is 0 Å². The first-order valence-electron chi connectivity index (χ1n) is 12.4. The molecule has 1 saturated heterocycles. The van der Waals surface area contributed by atoms with E-state index < -0.39 is 0 Å². The molecule has 0 saturated carbocycles. The molecular formula is C29H34N4O3. The fourth-order valence-corrected chi connectivity index (χ4v) is 4.55. The fourth-order valence-electron chi connectivity index (χ4n) is 4.55. The van der Waals surface area contributed by atoms with Crippen molar-refractivity contribution in [1.82, 2.24) is 9.80 Å². The molecule has 0 radical (unpaired) electrons. The van der Waals surface area contributed by atoms with Crippen LogP contribution in [-0.2, 0) is 0 Å². The first kappa shape index (κ1) is 25.4. The Balaban J connectivity index is 1.33. The van der Waals surface area contributed by atoms with E-state index in [-0.39, 0.29) is 17.7 Å². The molecule has 0 unspecified atom stereocenters. The summed E-state index contributed by atoms with van der Waals surface area (Å²) in [5.74, 6) is 0.788. The lowest BCUT2D eigenvalue weighted by Gasteiger charge is -2.31. The molecule has 4 rings (SSSR count). The first-order chi connectivity index (χ1) is 17.6. The summed E-state index contributed by atoms with van der Waals surface area (Å²) in [6.45, 7) is 4.89. The lowest BCUT2D eigenvalue weighted by Crippen LogP contribution is -2.32. The SMILES string of the molecule is Oc1ccccc1C=NCCCN1CCN(CCCN=Cc2ccccc2O)C1c1ccccc1O. The number of phenols is 3. The summed E-state index contributed by atoms with van der Waals surface area (Å²) in [5.41, 5.74) is 2.37. The van der Waals surface area contributed by atoms with Crippen molar-refractivity contribution in [3.05, 3.63) is 89.5 Å². The molecule has 3 aromatic carbocycles. The van der Waals surface area contributed by atoms with Gasteiger partial charge in [-0.25, -0.2) is 0 Å². The van der Waals surface area contributed by atoms with Crippen molar-refractivity contribution in [3.63, 3.8) is 0 Å². The number of rotatable bonds is 11. The maximum atomic E-state index is 10.6. The van der Waals surface area contributed by atoms with E-state index >= 15 is 0 Å². The molecule has 7 heteroatoms. The van der Waals surface area contributed by atoms with Crippen molar-refractivity contribution in [1.29, 1.82) is 0 Å². The Bertz CT molecular complexity index is 1110. The van der Waals surface area contributed by atoms with Gasteiger partial charge in [0.1, 0.15) is 17.2 Å². The van der Waals surface area contributed by atoms with E-state index in [2.05, 4.69) is 19.8 Å². The molecular weight excluding hydrogens is 452 g/mol. The quantitative estimate of drug-likeness (QED) is 0.275. The molecule has 3 N–H and O–H groups in total. The summed E-state index contributed by atoms with van der Waals surface area (Å²) in [5, 5.41) is 30.3. The zero-order chi connectivity index (χ0) is 25.2. The number of hydrogen-bond donors (Lipinski definition) is 3. The number of nitrogens with zero attached hydrogens (tertiary/aromatic N) is 4. The predicted molar refractivity (Wildman–Crippen MR) is 144 cm³/mol. The van der Waals surface area contributed by atoms with Crippen molar-refractivity contribution >= 4 is 12.4 Å². The van der Waals surface area contributed by atoms with Gasteiger partial charge in [0.25, 0.3) is 0 Å². The van der Waals surface area contributed by atoms with Gasteiger partial charge in [0.15, 0.2) is 0 Å². The zero-order valence-corrected chi connectivity index (χ0v) is 20.4. The number of benzene rings is 3. The van der Waals surface area contributed by atoms with E-state index in [1.807, 2.05) is 42.5 Å². The second-order valence-electron chi connectivity index (χ2n) is 8.90. The van der Waals surface area contributed by atoms with Crippen LogP contribution in [0.1, 0.15) is 35.7 Å². The van der Waals surface area contributed by atoms with Gasteiger partial charge in [-0.05, 0) is 43.2 Å². The van der Waals surface area contributed by atoms with E-state index in [9.17, 15) is 15.3 Å². The van der Waals surface area contributed by atoms with Crippen molar-refractivity contribution in [3.8, 4) is 17.2 Å². The van der Waals surface area contributed by atoms with E-state index in [0.29, 0.717) is 18.8 Å². The Morgan fingerprint density at radius 2 is 1.08 bits per heavy atom. The largest absolute Gasteiger partial charge is 0.508 e. The molecule has 7 nitrogen and oxygen atoms in total. The maximum absolute atomic E-state index is 10.6. The topological polar surface area (TPSA) is 91.9 Å². The lowest BCUT2D eigenvalue weighted by atomic mass is 10.1. The zero-order valence-electron chi connectivity index (χ0n) is 20.4. The normalized spacial score (nSPS) is 16.9. The Hall–Kier alpha value is -3.68. The molecule has 1 heterocycles. The van der Waals surface area contributed by atoms with Crippen LogP contribution >= 0.6 is 0 Å². The van der Waals surface area contributed by atoms with Gasteiger partial charge in [-0.2, -0.15) is 0 Å². The van der Waals surface area contributed by atoms with Gasteiger partial charge >= 0.3 is 0 Å². The molecule has 0 bridgehead atoms. The Labute approximate surface area is 212 Å². The number of phenolic OH excluding ortho intramolecular Hbond substituents is 3. The fraction of sp³-hybridized carbons (Fsp3) is 0.310. The van der Waals surface area contributed by atoms with E-state index in [1.54, 1.807) is 42.8 Å². The second-order valence-corrected chi connectivity index (χ2v) is 8.90. The molecule has 188 valence electrons. The second kappa shape index (κ2) is 12.9. The number of aromatic hydroxyl groups is 3. The number of para-hydroxylation sites is 3. The van der Waals surface area contributed by atoms with Gasteiger partial charge < -0.3 is 15.3 Å². The monoisotopic (exact) mass is 486 g/mol. The van der Waals surface area contributed by atoms with Crippen molar-refractivity contribution in [2.75, 3.05) is 39.3 Å². The molecule has 1 aliphatic heterocycles. The van der Waals surface area contributed by atoms with Gasteiger partial charge in [0.05, 0.1) is 6.17 Å². The van der Waals surface area contributed by atoms with Crippen LogP contribution in [0.2, 0.25) is 0 Å². The molecule has 1 fully saturated rings. The third-order valence-corrected chi connectivity index (χ3v) is 6.38. The van der Waals surface area contributed by atoms with E-state index in [4.69, 9.17) is 0 Å². The van der Waals surface area contributed by atoms with Crippen molar-refractivity contribution < 1.29 is 15.3 Å². The van der Waals surface area contributed by atoms with Crippen LogP contribution in [0.5, 0.6) is 17.2 Å². The van der Waals surface area contributed by atoms with Gasteiger partial charge in [-0.3, -0.25) is 19.8 Å².